The molecule has 0 amide bonds. The lowest BCUT2D eigenvalue weighted by Crippen LogP contribution is -2.26. The molecule has 0 saturated carbocycles. The van der Waals surface area contributed by atoms with Crippen LogP contribution in [-0.2, 0) is 0 Å². The summed E-state index contributed by atoms with van der Waals surface area (Å²) in [5, 5.41) is 1.44. The van der Waals surface area contributed by atoms with Crippen molar-refractivity contribution in [3.63, 3.8) is 0 Å². The third kappa shape index (κ3) is 1.69. The molecule has 0 unspecified atom stereocenters. The number of halogens is 1. The molecule has 4 nitrogen and oxygen atoms in total. The van der Waals surface area contributed by atoms with E-state index in [0.717, 1.165) is 15.5 Å². The van der Waals surface area contributed by atoms with Gasteiger partial charge >= 0.3 is 0 Å². The Bertz CT molecular complexity index is 469. The Hall–Kier alpha value is -1.20. The summed E-state index contributed by atoms with van der Waals surface area (Å²) in [6.45, 7) is 0. The minimum Gasteiger partial charge on any atom is -0.297 e. The first-order valence-electron chi connectivity index (χ1n) is 4.07. The Balaban J connectivity index is 2.63. The number of anilines is 1. The van der Waals surface area contributed by atoms with E-state index in [0.29, 0.717) is 5.82 Å². The number of nitrogens with two attached hydrogens (primary N) is 1. The number of benzene rings is 1. The Morgan fingerprint density at radius 1 is 1.36 bits per heavy atom. The van der Waals surface area contributed by atoms with E-state index in [1.54, 1.807) is 13.2 Å². The lowest BCUT2D eigenvalue weighted by molar-refractivity contribution is 0.976. The van der Waals surface area contributed by atoms with E-state index in [2.05, 4.69) is 25.9 Å². The fourth-order valence-electron chi connectivity index (χ4n) is 1.14. The highest BCUT2D eigenvalue weighted by atomic mass is 79.9. The summed E-state index contributed by atoms with van der Waals surface area (Å²) in [5.41, 5.74) is 1.69. The van der Waals surface area contributed by atoms with Gasteiger partial charge in [0.1, 0.15) is 0 Å². The molecule has 1 aromatic heterocycles. The highest BCUT2D eigenvalue weighted by Gasteiger charge is 2.01. The number of aromatic nitrogens is 2. The quantitative estimate of drug-likeness (QED) is 0.620. The molecular weight excluding hydrogens is 244 g/mol. The van der Waals surface area contributed by atoms with Crippen LogP contribution in [0.3, 0.4) is 0 Å². The van der Waals surface area contributed by atoms with Crippen molar-refractivity contribution in [3.05, 3.63) is 28.9 Å². The van der Waals surface area contributed by atoms with Crippen LogP contribution < -0.4 is 10.9 Å². The van der Waals surface area contributed by atoms with E-state index in [9.17, 15) is 0 Å². The first kappa shape index (κ1) is 9.36. The number of fused-ring (bicyclic) bond motifs is 1. The summed E-state index contributed by atoms with van der Waals surface area (Å²) in [6, 6.07) is 5.75. The fourth-order valence-corrected chi connectivity index (χ4v) is 1.49. The average Bonchev–Trinajstić information content (AvgIpc) is 2.16. The number of hydrazine groups is 1. The molecule has 0 radical (unpaired) electrons. The van der Waals surface area contributed by atoms with Gasteiger partial charge < -0.3 is 0 Å². The predicted octanol–water partition coefficient (Wildman–Crippen LogP) is 1.70. The molecule has 0 saturated heterocycles. The Morgan fingerprint density at radius 3 is 2.86 bits per heavy atom. The predicted molar refractivity (Wildman–Crippen MR) is 59.8 cm³/mol. The number of hydrogen-bond acceptors (Lipinski definition) is 4. The molecule has 0 aliphatic heterocycles. The smallest absolute Gasteiger partial charge is 0.161 e. The summed E-state index contributed by atoms with van der Waals surface area (Å²) >= 11 is 3.38. The molecule has 2 aromatic rings. The number of rotatable bonds is 1. The van der Waals surface area contributed by atoms with Crippen LogP contribution in [-0.4, -0.2) is 17.0 Å². The minimum absolute atomic E-state index is 0.649. The third-order valence-electron chi connectivity index (χ3n) is 1.85. The van der Waals surface area contributed by atoms with Gasteiger partial charge in [0.2, 0.25) is 0 Å². The molecule has 0 aliphatic rings. The maximum Gasteiger partial charge on any atom is 0.161 e. The highest BCUT2D eigenvalue weighted by molar-refractivity contribution is 9.10. The average molecular weight is 253 g/mol. The van der Waals surface area contributed by atoms with Gasteiger partial charge in [-0.2, -0.15) is 0 Å². The number of nitrogens with zero attached hydrogens (tertiary/aromatic N) is 3. The lowest BCUT2D eigenvalue weighted by Gasteiger charge is -2.10. The Kier molecular flexibility index (Phi) is 2.35. The monoisotopic (exact) mass is 252 g/mol. The molecule has 0 bridgehead atoms. The molecule has 72 valence electrons. The largest absolute Gasteiger partial charge is 0.297 e. The zero-order chi connectivity index (χ0) is 10.1. The summed E-state index contributed by atoms with van der Waals surface area (Å²) < 4.78 is 0.983. The van der Waals surface area contributed by atoms with E-state index in [1.165, 1.54) is 5.01 Å². The van der Waals surface area contributed by atoms with Crippen LogP contribution in [0.4, 0.5) is 5.82 Å². The highest BCUT2D eigenvalue weighted by Crippen LogP contribution is 2.18. The van der Waals surface area contributed by atoms with Crippen LogP contribution in [0.2, 0.25) is 0 Å². The van der Waals surface area contributed by atoms with Gasteiger partial charge in [0, 0.05) is 11.5 Å². The molecule has 5 heteroatoms. The second kappa shape index (κ2) is 3.51. The van der Waals surface area contributed by atoms with Crippen molar-refractivity contribution < 1.29 is 0 Å². The normalized spacial score (nSPS) is 10.5. The van der Waals surface area contributed by atoms with Crippen molar-refractivity contribution in [1.82, 2.24) is 9.97 Å². The minimum atomic E-state index is 0.649. The van der Waals surface area contributed by atoms with Crippen molar-refractivity contribution in [2.24, 2.45) is 5.84 Å². The van der Waals surface area contributed by atoms with Crippen molar-refractivity contribution in [2.75, 3.05) is 12.1 Å². The molecule has 0 aliphatic carbocycles. The van der Waals surface area contributed by atoms with Crippen molar-refractivity contribution >= 4 is 32.8 Å². The Labute approximate surface area is 89.9 Å². The van der Waals surface area contributed by atoms with E-state index < -0.39 is 0 Å². The van der Waals surface area contributed by atoms with E-state index in [4.69, 9.17) is 5.84 Å². The summed E-state index contributed by atoms with van der Waals surface area (Å²) in [6.07, 6.45) is 1.65. The van der Waals surface area contributed by atoms with E-state index in [1.807, 2.05) is 18.2 Å². The van der Waals surface area contributed by atoms with E-state index >= 15 is 0 Å². The third-order valence-corrected chi connectivity index (χ3v) is 2.35. The topological polar surface area (TPSA) is 55.0 Å². The van der Waals surface area contributed by atoms with Crippen LogP contribution in [0.25, 0.3) is 11.0 Å². The molecule has 1 heterocycles. The van der Waals surface area contributed by atoms with Gasteiger partial charge in [-0.25, -0.2) is 10.8 Å². The lowest BCUT2D eigenvalue weighted by atomic mass is 10.3. The summed E-state index contributed by atoms with van der Waals surface area (Å²) in [4.78, 5) is 8.58. The van der Waals surface area contributed by atoms with Gasteiger partial charge in [-0.3, -0.25) is 9.99 Å². The molecular formula is C9H9BrN4. The molecule has 2 rings (SSSR count). The zero-order valence-electron chi connectivity index (χ0n) is 7.61. The maximum absolute atomic E-state index is 5.56. The second-order valence-electron chi connectivity index (χ2n) is 2.97. The van der Waals surface area contributed by atoms with Gasteiger partial charge in [-0.05, 0) is 18.2 Å². The molecule has 2 N–H and O–H groups in total. The van der Waals surface area contributed by atoms with Crippen molar-refractivity contribution in [3.8, 4) is 0 Å². The first-order chi connectivity index (χ1) is 6.66. The number of hydrogen-bond donors (Lipinski definition) is 1. The molecule has 1 aromatic carbocycles. The second-order valence-corrected chi connectivity index (χ2v) is 3.89. The molecule has 14 heavy (non-hydrogen) atoms. The van der Waals surface area contributed by atoms with Crippen LogP contribution >= 0.6 is 15.9 Å². The van der Waals surface area contributed by atoms with Gasteiger partial charge in [0.05, 0.1) is 17.2 Å². The van der Waals surface area contributed by atoms with Crippen molar-refractivity contribution in [1.29, 1.82) is 0 Å². The standard InChI is InChI=1S/C9H9BrN4/c1-14(11)9-5-12-7-3-2-6(10)4-8(7)13-9/h2-5H,11H2,1H3. The van der Waals surface area contributed by atoms with Crippen LogP contribution in [0.5, 0.6) is 0 Å². The van der Waals surface area contributed by atoms with Crippen molar-refractivity contribution in [2.45, 2.75) is 0 Å². The van der Waals surface area contributed by atoms with Gasteiger partial charge in [0.25, 0.3) is 0 Å². The first-order valence-corrected chi connectivity index (χ1v) is 4.87. The molecule has 0 fully saturated rings. The van der Waals surface area contributed by atoms with E-state index in [-0.39, 0.29) is 0 Å². The summed E-state index contributed by atoms with van der Waals surface area (Å²) in [5.74, 6) is 6.21. The molecule has 0 atom stereocenters. The van der Waals surface area contributed by atoms with Gasteiger partial charge in [0.15, 0.2) is 5.82 Å². The van der Waals surface area contributed by atoms with Crippen LogP contribution in [0.1, 0.15) is 0 Å². The Morgan fingerprint density at radius 2 is 2.14 bits per heavy atom. The molecule has 0 spiro atoms. The SMILES string of the molecule is CN(N)c1cnc2ccc(Br)cc2n1. The maximum atomic E-state index is 5.56. The van der Waals surface area contributed by atoms with Gasteiger partial charge in [-0.15, -0.1) is 0 Å². The summed E-state index contributed by atoms with van der Waals surface area (Å²) in [7, 11) is 1.73. The van der Waals surface area contributed by atoms with Crippen LogP contribution in [0.15, 0.2) is 28.9 Å². The zero-order valence-corrected chi connectivity index (χ0v) is 9.19. The van der Waals surface area contributed by atoms with Gasteiger partial charge in [-0.1, -0.05) is 15.9 Å². The van der Waals surface area contributed by atoms with Crippen LogP contribution in [0, 0.1) is 0 Å². The fraction of sp³-hybridized carbons (Fsp3) is 0.111.